The average molecular weight is 304 g/mol. The van der Waals surface area contributed by atoms with E-state index < -0.39 is 5.97 Å². The SMILES string of the molecule is Cc1ccc(C(=O)O)cc1N=Cc1cccn1-c1ccccc1. The van der Waals surface area contributed by atoms with Crippen LogP contribution in [0.4, 0.5) is 5.69 Å². The summed E-state index contributed by atoms with van der Waals surface area (Å²) in [6, 6.07) is 18.8. The van der Waals surface area contributed by atoms with Gasteiger partial charge in [-0.2, -0.15) is 0 Å². The van der Waals surface area contributed by atoms with Crippen LogP contribution >= 0.6 is 0 Å². The minimum absolute atomic E-state index is 0.237. The van der Waals surface area contributed by atoms with E-state index in [-0.39, 0.29) is 5.56 Å². The van der Waals surface area contributed by atoms with Gasteiger partial charge in [-0.1, -0.05) is 24.3 Å². The molecule has 1 heterocycles. The lowest BCUT2D eigenvalue weighted by Crippen LogP contribution is -1.98. The van der Waals surface area contributed by atoms with Gasteiger partial charge in [0.05, 0.1) is 23.2 Å². The summed E-state index contributed by atoms with van der Waals surface area (Å²) in [4.78, 5) is 15.5. The van der Waals surface area contributed by atoms with Crippen LogP contribution in [-0.2, 0) is 0 Å². The Bertz CT molecular complexity index is 864. The van der Waals surface area contributed by atoms with Crippen molar-refractivity contribution in [3.63, 3.8) is 0 Å². The third kappa shape index (κ3) is 3.21. The topological polar surface area (TPSA) is 54.6 Å². The van der Waals surface area contributed by atoms with Crippen LogP contribution in [0.15, 0.2) is 71.9 Å². The Kier molecular flexibility index (Phi) is 4.06. The summed E-state index contributed by atoms with van der Waals surface area (Å²) in [6.07, 6.45) is 3.72. The number of aryl methyl sites for hydroxylation is 1. The molecular formula is C19H16N2O2. The predicted molar refractivity (Wildman–Crippen MR) is 91.2 cm³/mol. The third-order valence-corrected chi connectivity index (χ3v) is 3.61. The van der Waals surface area contributed by atoms with Gasteiger partial charge in [-0.25, -0.2) is 4.79 Å². The zero-order chi connectivity index (χ0) is 16.2. The summed E-state index contributed by atoms with van der Waals surface area (Å²) >= 11 is 0. The highest BCUT2D eigenvalue weighted by atomic mass is 16.4. The molecule has 3 rings (SSSR count). The zero-order valence-electron chi connectivity index (χ0n) is 12.7. The van der Waals surface area contributed by atoms with Gasteiger partial charge in [-0.3, -0.25) is 4.99 Å². The van der Waals surface area contributed by atoms with Crippen molar-refractivity contribution in [2.45, 2.75) is 6.92 Å². The van der Waals surface area contributed by atoms with Crippen LogP contribution in [-0.4, -0.2) is 21.9 Å². The van der Waals surface area contributed by atoms with E-state index in [4.69, 9.17) is 5.11 Å². The fraction of sp³-hybridized carbons (Fsp3) is 0.0526. The molecule has 23 heavy (non-hydrogen) atoms. The van der Waals surface area contributed by atoms with E-state index in [2.05, 4.69) is 4.99 Å². The highest BCUT2D eigenvalue weighted by Crippen LogP contribution is 2.21. The second-order valence-corrected chi connectivity index (χ2v) is 5.20. The van der Waals surface area contributed by atoms with Crippen LogP contribution in [0.3, 0.4) is 0 Å². The first kappa shape index (κ1) is 14.8. The van der Waals surface area contributed by atoms with Gasteiger partial charge in [-0.15, -0.1) is 0 Å². The summed E-state index contributed by atoms with van der Waals surface area (Å²) < 4.78 is 2.03. The maximum Gasteiger partial charge on any atom is 0.335 e. The molecule has 0 bridgehead atoms. The Balaban J connectivity index is 1.95. The first-order chi connectivity index (χ1) is 11.1. The van der Waals surface area contributed by atoms with Crippen molar-refractivity contribution in [2.24, 2.45) is 4.99 Å². The van der Waals surface area contributed by atoms with Gasteiger partial charge in [0.2, 0.25) is 0 Å². The highest BCUT2D eigenvalue weighted by Gasteiger charge is 2.06. The lowest BCUT2D eigenvalue weighted by molar-refractivity contribution is 0.0697. The minimum Gasteiger partial charge on any atom is -0.478 e. The number of carboxylic acids is 1. The van der Waals surface area contributed by atoms with E-state index in [1.807, 2.05) is 60.2 Å². The molecule has 0 aliphatic rings. The van der Waals surface area contributed by atoms with E-state index in [0.717, 1.165) is 16.9 Å². The second-order valence-electron chi connectivity index (χ2n) is 5.20. The molecule has 0 atom stereocenters. The summed E-state index contributed by atoms with van der Waals surface area (Å²) in [7, 11) is 0. The van der Waals surface area contributed by atoms with Crippen molar-refractivity contribution in [3.05, 3.63) is 83.7 Å². The van der Waals surface area contributed by atoms with Crippen LogP contribution in [0.2, 0.25) is 0 Å². The van der Waals surface area contributed by atoms with Crippen LogP contribution in [0, 0.1) is 6.92 Å². The molecule has 1 N–H and O–H groups in total. The number of para-hydroxylation sites is 1. The number of nitrogens with zero attached hydrogens (tertiary/aromatic N) is 2. The van der Waals surface area contributed by atoms with Crippen molar-refractivity contribution in [2.75, 3.05) is 0 Å². The average Bonchev–Trinajstić information content (AvgIpc) is 3.03. The Hall–Kier alpha value is -3.14. The second kappa shape index (κ2) is 6.32. The normalized spacial score (nSPS) is 11.0. The van der Waals surface area contributed by atoms with Crippen LogP contribution in [0.5, 0.6) is 0 Å². The highest BCUT2D eigenvalue weighted by molar-refractivity contribution is 5.89. The van der Waals surface area contributed by atoms with Gasteiger partial charge in [0.25, 0.3) is 0 Å². The van der Waals surface area contributed by atoms with Gasteiger partial charge in [0, 0.05) is 11.9 Å². The van der Waals surface area contributed by atoms with Gasteiger partial charge in [0.1, 0.15) is 0 Å². The molecule has 114 valence electrons. The molecule has 2 aromatic carbocycles. The quantitative estimate of drug-likeness (QED) is 0.733. The molecule has 3 aromatic rings. The van der Waals surface area contributed by atoms with E-state index in [1.165, 1.54) is 0 Å². The number of aromatic nitrogens is 1. The number of carboxylic acid groups (broad SMARTS) is 1. The van der Waals surface area contributed by atoms with Crippen molar-refractivity contribution in [1.82, 2.24) is 4.57 Å². The Morgan fingerprint density at radius 1 is 1.09 bits per heavy atom. The van der Waals surface area contributed by atoms with Gasteiger partial charge in [-0.05, 0) is 48.9 Å². The summed E-state index contributed by atoms with van der Waals surface area (Å²) in [6.45, 7) is 1.91. The molecule has 0 unspecified atom stereocenters. The predicted octanol–water partition coefficient (Wildman–Crippen LogP) is 4.23. The minimum atomic E-state index is -0.950. The van der Waals surface area contributed by atoms with Gasteiger partial charge in [0.15, 0.2) is 0 Å². The fourth-order valence-corrected chi connectivity index (χ4v) is 2.34. The number of carbonyl (C=O) groups is 1. The monoisotopic (exact) mass is 304 g/mol. The summed E-state index contributed by atoms with van der Waals surface area (Å²) in [5.74, 6) is -0.950. The van der Waals surface area contributed by atoms with Gasteiger partial charge >= 0.3 is 5.97 Å². The lowest BCUT2D eigenvalue weighted by Gasteiger charge is -2.06. The molecule has 0 spiro atoms. The van der Waals surface area contributed by atoms with E-state index in [1.54, 1.807) is 24.4 Å². The molecule has 0 saturated carbocycles. The molecule has 4 nitrogen and oxygen atoms in total. The molecule has 1 aromatic heterocycles. The molecular weight excluding hydrogens is 288 g/mol. The number of hydrogen-bond acceptors (Lipinski definition) is 2. The molecule has 0 aliphatic heterocycles. The van der Waals surface area contributed by atoms with E-state index in [9.17, 15) is 4.79 Å². The maximum atomic E-state index is 11.1. The summed E-state index contributed by atoms with van der Waals surface area (Å²) in [5, 5.41) is 9.09. The third-order valence-electron chi connectivity index (χ3n) is 3.61. The zero-order valence-corrected chi connectivity index (χ0v) is 12.7. The van der Waals surface area contributed by atoms with E-state index >= 15 is 0 Å². The maximum absolute atomic E-state index is 11.1. The van der Waals surface area contributed by atoms with Crippen molar-refractivity contribution >= 4 is 17.9 Å². The lowest BCUT2D eigenvalue weighted by atomic mass is 10.1. The van der Waals surface area contributed by atoms with Crippen molar-refractivity contribution in [3.8, 4) is 5.69 Å². The molecule has 0 radical (unpaired) electrons. The Morgan fingerprint density at radius 3 is 2.61 bits per heavy atom. The molecule has 0 fully saturated rings. The first-order valence-corrected chi connectivity index (χ1v) is 7.26. The molecule has 0 saturated heterocycles. The Morgan fingerprint density at radius 2 is 1.87 bits per heavy atom. The number of benzene rings is 2. The molecule has 0 aliphatic carbocycles. The smallest absolute Gasteiger partial charge is 0.335 e. The number of hydrogen-bond donors (Lipinski definition) is 1. The molecule has 0 amide bonds. The van der Waals surface area contributed by atoms with Gasteiger partial charge < -0.3 is 9.67 Å². The largest absolute Gasteiger partial charge is 0.478 e. The van der Waals surface area contributed by atoms with Crippen molar-refractivity contribution < 1.29 is 9.90 Å². The van der Waals surface area contributed by atoms with Crippen LogP contribution in [0.1, 0.15) is 21.6 Å². The molecule has 4 heteroatoms. The Labute approximate surface area is 134 Å². The van der Waals surface area contributed by atoms with Crippen LogP contribution < -0.4 is 0 Å². The number of aromatic carboxylic acids is 1. The number of aliphatic imine (C=N–C) groups is 1. The number of rotatable bonds is 4. The fourth-order valence-electron chi connectivity index (χ4n) is 2.34. The van der Waals surface area contributed by atoms with Crippen molar-refractivity contribution in [1.29, 1.82) is 0 Å². The van der Waals surface area contributed by atoms with E-state index in [0.29, 0.717) is 5.69 Å². The van der Waals surface area contributed by atoms with Crippen LogP contribution in [0.25, 0.3) is 5.69 Å². The standard InChI is InChI=1S/C19H16N2O2/c1-14-9-10-15(19(22)23)12-18(14)20-13-17-8-5-11-21(17)16-6-3-2-4-7-16/h2-13H,1H3,(H,22,23). The first-order valence-electron chi connectivity index (χ1n) is 7.26. The summed E-state index contributed by atoms with van der Waals surface area (Å²) in [5.41, 5.74) is 3.81.